The Hall–Kier alpha value is -4.05. The number of amides is 2. The molecular weight excluding hydrogens is 542 g/mol. The van der Waals surface area contributed by atoms with Crippen molar-refractivity contribution in [3.05, 3.63) is 90.0 Å². The maximum atomic E-state index is 14.2. The summed E-state index contributed by atoms with van der Waals surface area (Å²) in [7, 11) is -1.06. The quantitative estimate of drug-likeness (QED) is 0.272. The van der Waals surface area contributed by atoms with Crippen LogP contribution in [0.3, 0.4) is 0 Å². The lowest BCUT2D eigenvalue weighted by Crippen LogP contribution is -2.53. The summed E-state index contributed by atoms with van der Waals surface area (Å²) >= 11 is 0. The zero-order chi connectivity index (χ0) is 29.8. The molecule has 10 heteroatoms. The van der Waals surface area contributed by atoms with E-state index in [2.05, 4.69) is 5.32 Å². The van der Waals surface area contributed by atoms with Crippen LogP contribution in [0, 0.1) is 0 Å². The first-order chi connectivity index (χ1) is 19.7. The fraction of sp³-hybridized carbons (Fsp3) is 0.355. The van der Waals surface area contributed by atoms with E-state index in [4.69, 9.17) is 9.47 Å². The summed E-state index contributed by atoms with van der Waals surface area (Å²) in [4.78, 5) is 29.3. The smallest absolute Gasteiger partial charge is 0.244 e. The molecule has 3 aromatic carbocycles. The van der Waals surface area contributed by atoms with E-state index in [1.54, 1.807) is 12.1 Å². The van der Waals surface area contributed by atoms with Crippen LogP contribution in [0.5, 0.6) is 11.5 Å². The van der Waals surface area contributed by atoms with Gasteiger partial charge in [0.05, 0.1) is 26.2 Å². The molecule has 41 heavy (non-hydrogen) atoms. The van der Waals surface area contributed by atoms with Gasteiger partial charge in [-0.15, -0.1) is 0 Å². The Kier molecular flexibility index (Phi) is 11.6. The van der Waals surface area contributed by atoms with Gasteiger partial charge in [-0.2, -0.15) is 0 Å². The van der Waals surface area contributed by atoms with Gasteiger partial charge in [0.1, 0.15) is 24.1 Å². The number of methoxy groups -OCH3 is 2. The molecule has 0 fully saturated rings. The minimum Gasteiger partial charge on any atom is -0.497 e. The minimum atomic E-state index is -3.95. The Labute approximate surface area is 243 Å². The number of nitrogens with zero attached hydrogens (tertiary/aromatic N) is 2. The van der Waals surface area contributed by atoms with Crippen LogP contribution in [0.25, 0.3) is 0 Å². The van der Waals surface area contributed by atoms with Gasteiger partial charge >= 0.3 is 0 Å². The number of unbranched alkanes of at least 4 members (excludes halogenated alkanes) is 1. The first-order valence-corrected chi connectivity index (χ1v) is 15.4. The molecule has 0 unspecified atom stereocenters. The molecule has 3 rings (SSSR count). The number of carbonyl (C=O) groups excluding carboxylic acids is 2. The molecule has 0 aliphatic rings. The highest BCUT2D eigenvalue weighted by Crippen LogP contribution is 2.34. The fourth-order valence-corrected chi connectivity index (χ4v) is 5.27. The van der Waals surface area contributed by atoms with Crippen molar-refractivity contribution >= 4 is 27.5 Å². The van der Waals surface area contributed by atoms with E-state index in [0.717, 1.165) is 34.5 Å². The van der Waals surface area contributed by atoms with Crippen LogP contribution in [0.4, 0.5) is 5.69 Å². The second-order valence-corrected chi connectivity index (χ2v) is 11.6. The predicted molar refractivity (Wildman–Crippen MR) is 161 cm³/mol. The van der Waals surface area contributed by atoms with Crippen LogP contribution in [0.2, 0.25) is 0 Å². The molecule has 1 N–H and O–H groups in total. The van der Waals surface area contributed by atoms with E-state index in [9.17, 15) is 18.0 Å². The van der Waals surface area contributed by atoms with Gasteiger partial charge in [-0.1, -0.05) is 74.0 Å². The maximum absolute atomic E-state index is 14.2. The molecular formula is C31H39N3O6S. The lowest BCUT2D eigenvalue weighted by molar-refractivity contribution is -0.140. The van der Waals surface area contributed by atoms with Crippen LogP contribution in [-0.4, -0.2) is 64.7 Å². The average Bonchev–Trinajstić information content (AvgIpc) is 2.97. The Bertz CT molecular complexity index is 1380. The number of hydrogen-bond donors (Lipinski definition) is 1. The Morgan fingerprint density at radius 1 is 0.902 bits per heavy atom. The average molecular weight is 582 g/mol. The van der Waals surface area contributed by atoms with Gasteiger partial charge in [0.2, 0.25) is 21.8 Å². The molecule has 0 aromatic heterocycles. The number of nitrogens with one attached hydrogen (secondary N) is 1. The summed E-state index contributed by atoms with van der Waals surface area (Å²) in [6.45, 7) is 2.09. The Balaban J connectivity index is 2.06. The van der Waals surface area contributed by atoms with Crippen molar-refractivity contribution in [2.45, 2.75) is 38.8 Å². The molecule has 1 atom stereocenters. The van der Waals surface area contributed by atoms with Crippen molar-refractivity contribution in [3.8, 4) is 11.5 Å². The number of anilines is 1. The van der Waals surface area contributed by atoms with Gasteiger partial charge in [-0.05, 0) is 29.7 Å². The Morgan fingerprint density at radius 2 is 1.54 bits per heavy atom. The maximum Gasteiger partial charge on any atom is 0.244 e. The van der Waals surface area contributed by atoms with Crippen molar-refractivity contribution in [2.24, 2.45) is 0 Å². The lowest BCUT2D eigenvalue weighted by atomic mass is 10.0. The molecule has 0 aliphatic carbocycles. The van der Waals surface area contributed by atoms with Gasteiger partial charge in [0.15, 0.2) is 0 Å². The number of carbonyl (C=O) groups is 2. The number of rotatable bonds is 15. The number of benzene rings is 3. The predicted octanol–water partition coefficient (Wildman–Crippen LogP) is 4.03. The molecule has 0 saturated carbocycles. The highest BCUT2D eigenvalue weighted by Gasteiger charge is 2.33. The van der Waals surface area contributed by atoms with Crippen LogP contribution >= 0.6 is 0 Å². The topological polar surface area (TPSA) is 105 Å². The second kappa shape index (κ2) is 15.1. The van der Waals surface area contributed by atoms with Gasteiger partial charge in [-0.3, -0.25) is 13.9 Å². The SMILES string of the molecule is CCCCNC(=O)[C@@H](Cc1ccccc1)N(Cc1ccccc1)C(=O)CN(c1cc(OC)ccc1OC)S(C)(=O)=O. The molecule has 0 spiro atoms. The molecule has 0 heterocycles. The highest BCUT2D eigenvalue weighted by atomic mass is 32.2. The van der Waals surface area contributed by atoms with E-state index < -0.39 is 28.5 Å². The number of sulfonamides is 1. The van der Waals surface area contributed by atoms with Crippen molar-refractivity contribution in [3.63, 3.8) is 0 Å². The van der Waals surface area contributed by atoms with E-state index in [0.29, 0.717) is 12.3 Å². The van der Waals surface area contributed by atoms with Crippen molar-refractivity contribution < 1.29 is 27.5 Å². The minimum absolute atomic E-state index is 0.116. The third-order valence-corrected chi connectivity index (χ3v) is 7.76. The third-order valence-electron chi connectivity index (χ3n) is 6.63. The van der Waals surface area contributed by atoms with E-state index in [1.807, 2.05) is 67.6 Å². The largest absolute Gasteiger partial charge is 0.497 e. The summed E-state index contributed by atoms with van der Waals surface area (Å²) in [6.07, 6.45) is 2.99. The van der Waals surface area contributed by atoms with E-state index >= 15 is 0 Å². The summed E-state index contributed by atoms with van der Waals surface area (Å²) in [6, 6.07) is 22.6. The van der Waals surface area contributed by atoms with Crippen LogP contribution in [-0.2, 0) is 32.6 Å². The van der Waals surface area contributed by atoms with Gasteiger partial charge in [0.25, 0.3) is 0 Å². The Morgan fingerprint density at radius 3 is 2.10 bits per heavy atom. The molecule has 9 nitrogen and oxygen atoms in total. The first kappa shape index (κ1) is 31.5. The number of hydrogen-bond acceptors (Lipinski definition) is 6. The van der Waals surface area contributed by atoms with Crippen LogP contribution in [0.15, 0.2) is 78.9 Å². The molecule has 0 aliphatic heterocycles. The molecule has 3 aromatic rings. The standard InChI is InChI=1S/C31H39N3O6S/c1-5-6-19-32-31(36)28(20-24-13-9-7-10-14-24)33(22-25-15-11-8-12-16-25)30(35)23-34(41(4,37)38)27-21-26(39-2)17-18-29(27)40-3/h7-18,21,28H,5-6,19-20,22-23H2,1-4H3,(H,32,36)/t28-/m1/s1. The molecule has 220 valence electrons. The lowest BCUT2D eigenvalue weighted by Gasteiger charge is -2.33. The zero-order valence-electron chi connectivity index (χ0n) is 24.1. The van der Waals surface area contributed by atoms with E-state index in [1.165, 1.54) is 25.2 Å². The summed E-state index contributed by atoms with van der Waals surface area (Å²) in [5.41, 5.74) is 1.85. The van der Waals surface area contributed by atoms with Crippen molar-refractivity contribution in [1.29, 1.82) is 0 Å². The van der Waals surface area contributed by atoms with Crippen molar-refractivity contribution in [2.75, 3.05) is 37.9 Å². The highest BCUT2D eigenvalue weighted by molar-refractivity contribution is 7.92. The molecule has 2 amide bonds. The molecule has 0 saturated heterocycles. The van der Waals surface area contributed by atoms with Gasteiger partial charge in [0, 0.05) is 25.6 Å². The molecule has 0 bridgehead atoms. The summed E-state index contributed by atoms with van der Waals surface area (Å²) in [5, 5.41) is 2.97. The van der Waals surface area contributed by atoms with Crippen LogP contribution in [0.1, 0.15) is 30.9 Å². The van der Waals surface area contributed by atoms with Crippen LogP contribution < -0.4 is 19.1 Å². The molecule has 0 radical (unpaired) electrons. The second-order valence-electron chi connectivity index (χ2n) is 9.66. The van der Waals surface area contributed by atoms with Crippen molar-refractivity contribution in [1.82, 2.24) is 10.2 Å². The normalized spacial score (nSPS) is 11.8. The monoisotopic (exact) mass is 581 g/mol. The zero-order valence-corrected chi connectivity index (χ0v) is 24.9. The summed E-state index contributed by atoms with van der Waals surface area (Å²) < 4.78 is 37.9. The van der Waals surface area contributed by atoms with Gasteiger partial charge < -0.3 is 19.7 Å². The van der Waals surface area contributed by atoms with Gasteiger partial charge in [-0.25, -0.2) is 8.42 Å². The van der Waals surface area contributed by atoms with E-state index in [-0.39, 0.29) is 30.3 Å². The number of ether oxygens (including phenoxy) is 2. The first-order valence-electron chi connectivity index (χ1n) is 13.5. The third kappa shape index (κ3) is 8.97. The fourth-order valence-electron chi connectivity index (χ4n) is 4.43. The summed E-state index contributed by atoms with van der Waals surface area (Å²) in [5.74, 6) is -0.163.